The van der Waals surface area contributed by atoms with Crippen LogP contribution < -0.4 is 0 Å². The molecule has 8 heteroatoms. The number of carbonyl (C=O) groups is 1. The van der Waals surface area contributed by atoms with Gasteiger partial charge in [0.2, 0.25) is 5.91 Å². The lowest BCUT2D eigenvalue weighted by Gasteiger charge is -2.26. The lowest BCUT2D eigenvalue weighted by Crippen LogP contribution is -2.38. The van der Waals surface area contributed by atoms with Gasteiger partial charge in [0.05, 0.1) is 24.6 Å². The minimum atomic E-state index is 0.0435. The molecule has 1 N–H and O–H groups in total. The van der Waals surface area contributed by atoms with Crippen LogP contribution in [-0.2, 0) is 24.3 Å². The Labute approximate surface area is 130 Å². The number of amides is 1. The fourth-order valence-corrected chi connectivity index (χ4v) is 3.23. The van der Waals surface area contributed by atoms with Crippen molar-refractivity contribution in [3.8, 4) is 11.3 Å². The zero-order chi connectivity index (χ0) is 14.9. The van der Waals surface area contributed by atoms with E-state index < -0.39 is 0 Å². The summed E-state index contributed by atoms with van der Waals surface area (Å²) >= 11 is 1.61. The molecule has 3 aromatic heterocycles. The number of H-pyrrole nitrogens is 1. The first kappa shape index (κ1) is 13.2. The van der Waals surface area contributed by atoms with Gasteiger partial charge >= 0.3 is 0 Å². The molecule has 0 aliphatic carbocycles. The van der Waals surface area contributed by atoms with Gasteiger partial charge in [-0.1, -0.05) is 5.21 Å². The Hall–Kier alpha value is -2.48. The summed E-state index contributed by atoms with van der Waals surface area (Å²) in [5, 5.41) is 19.1. The second-order valence-corrected chi connectivity index (χ2v) is 6.03. The first-order valence-electron chi connectivity index (χ1n) is 7.01. The number of hydrogen-bond donors (Lipinski definition) is 1. The van der Waals surface area contributed by atoms with Gasteiger partial charge in [-0.2, -0.15) is 16.4 Å². The molecule has 0 aromatic carbocycles. The molecule has 0 fully saturated rings. The predicted molar refractivity (Wildman–Crippen MR) is 81.0 cm³/mol. The van der Waals surface area contributed by atoms with Gasteiger partial charge in [0.25, 0.3) is 0 Å². The van der Waals surface area contributed by atoms with Gasteiger partial charge in [0, 0.05) is 17.5 Å². The molecule has 4 rings (SSSR count). The summed E-state index contributed by atoms with van der Waals surface area (Å²) < 4.78 is 1.60. The number of nitrogens with one attached hydrogen (secondary N) is 1. The molecule has 0 atom stereocenters. The molecule has 0 saturated heterocycles. The topological polar surface area (TPSA) is 79.7 Å². The van der Waals surface area contributed by atoms with Gasteiger partial charge in [-0.25, -0.2) is 4.68 Å². The molecular formula is C14H14N6OS. The standard InChI is InChI=1S/C14H14N6OS/c21-14(19-3-1-10-5-15-16-12(10)6-19)8-20-7-13(17-18-20)11-2-4-22-9-11/h2,4-5,7,9H,1,3,6,8H2,(H,15,16). The number of aromatic nitrogens is 5. The van der Waals surface area contributed by atoms with E-state index in [0.717, 1.165) is 29.9 Å². The monoisotopic (exact) mass is 314 g/mol. The van der Waals surface area contributed by atoms with Crippen molar-refractivity contribution in [3.63, 3.8) is 0 Å². The molecular weight excluding hydrogens is 300 g/mol. The highest BCUT2D eigenvalue weighted by Gasteiger charge is 2.22. The van der Waals surface area contributed by atoms with Crippen LogP contribution in [0.25, 0.3) is 11.3 Å². The highest BCUT2D eigenvalue weighted by atomic mass is 32.1. The average molecular weight is 314 g/mol. The average Bonchev–Trinajstić information content (AvgIpc) is 3.27. The SMILES string of the molecule is O=C(Cn1cc(-c2ccsc2)nn1)N1CCc2cn[nH]c2C1. The van der Waals surface area contributed by atoms with Crippen LogP contribution in [0.5, 0.6) is 0 Å². The van der Waals surface area contributed by atoms with Crippen molar-refractivity contribution < 1.29 is 4.79 Å². The Balaban J connectivity index is 1.44. The van der Waals surface area contributed by atoms with Crippen molar-refractivity contribution in [2.75, 3.05) is 6.54 Å². The first-order valence-corrected chi connectivity index (χ1v) is 7.95. The van der Waals surface area contributed by atoms with Gasteiger partial charge in [-0.05, 0) is 23.4 Å². The third-order valence-corrected chi connectivity index (χ3v) is 4.50. The van der Waals surface area contributed by atoms with E-state index in [1.54, 1.807) is 16.0 Å². The Bertz CT molecular complexity index is 790. The number of nitrogens with zero attached hydrogens (tertiary/aromatic N) is 5. The predicted octanol–water partition coefficient (Wildman–Crippen LogP) is 1.31. The molecule has 0 radical (unpaired) electrons. The van der Waals surface area contributed by atoms with E-state index in [1.165, 1.54) is 5.56 Å². The van der Waals surface area contributed by atoms with E-state index in [1.807, 2.05) is 34.1 Å². The highest BCUT2D eigenvalue weighted by Crippen LogP contribution is 2.19. The lowest BCUT2D eigenvalue weighted by molar-refractivity contribution is -0.133. The molecule has 0 saturated carbocycles. The number of thiophene rings is 1. The molecule has 0 bridgehead atoms. The minimum Gasteiger partial charge on any atom is -0.335 e. The number of carbonyl (C=O) groups excluding carboxylic acids is 1. The number of rotatable bonds is 3. The highest BCUT2D eigenvalue weighted by molar-refractivity contribution is 7.08. The second kappa shape index (κ2) is 5.38. The van der Waals surface area contributed by atoms with Crippen molar-refractivity contribution in [2.45, 2.75) is 19.5 Å². The van der Waals surface area contributed by atoms with E-state index in [0.29, 0.717) is 6.54 Å². The minimum absolute atomic E-state index is 0.0435. The number of hydrogen-bond acceptors (Lipinski definition) is 5. The molecule has 7 nitrogen and oxygen atoms in total. The maximum absolute atomic E-state index is 12.4. The van der Waals surface area contributed by atoms with Crippen LogP contribution in [0.4, 0.5) is 0 Å². The fourth-order valence-electron chi connectivity index (χ4n) is 2.59. The van der Waals surface area contributed by atoms with E-state index in [2.05, 4.69) is 20.5 Å². The van der Waals surface area contributed by atoms with Gasteiger partial charge in [0.15, 0.2) is 0 Å². The van der Waals surface area contributed by atoms with Crippen molar-refractivity contribution in [1.29, 1.82) is 0 Å². The van der Waals surface area contributed by atoms with Crippen molar-refractivity contribution in [2.24, 2.45) is 0 Å². The molecule has 22 heavy (non-hydrogen) atoms. The molecule has 1 aliphatic heterocycles. The van der Waals surface area contributed by atoms with Crippen LogP contribution in [0, 0.1) is 0 Å². The summed E-state index contributed by atoms with van der Waals surface area (Å²) in [6.45, 7) is 1.51. The van der Waals surface area contributed by atoms with Gasteiger partial charge in [-0.3, -0.25) is 9.89 Å². The summed E-state index contributed by atoms with van der Waals surface area (Å²) in [5.41, 5.74) is 4.05. The summed E-state index contributed by atoms with van der Waals surface area (Å²) in [6, 6.07) is 1.99. The van der Waals surface area contributed by atoms with E-state index in [-0.39, 0.29) is 12.5 Å². The van der Waals surface area contributed by atoms with Crippen LogP contribution in [0.15, 0.2) is 29.2 Å². The molecule has 0 spiro atoms. The number of aromatic amines is 1. The quantitative estimate of drug-likeness (QED) is 0.790. The van der Waals surface area contributed by atoms with Crippen LogP contribution in [0.1, 0.15) is 11.3 Å². The molecule has 3 aromatic rings. The van der Waals surface area contributed by atoms with Gasteiger partial charge < -0.3 is 4.90 Å². The maximum Gasteiger partial charge on any atom is 0.244 e. The largest absolute Gasteiger partial charge is 0.335 e. The Morgan fingerprint density at radius 3 is 3.27 bits per heavy atom. The Kier molecular flexibility index (Phi) is 3.23. The van der Waals surface area contributed by atoms with Crippen LogP contribution in [-0.4, -0.2) is 42.5 Å². The van der Waals surface area contributed by atoms with Crippen molar-refractivity contribution in [3.05, 3.63) is 40.5 Å². The number of fused-ring (bicyclic) bond motifs is 1. The summed E-state index contributed by atoms with van der Waals surface area (Å²) in [5.74, 6) is 0.0435. The molecule has 4 heterocycles. The first-order chi connectivity index (χ1) is 10.8. The second-order valence-electron chi connectivity index (χ2n) is 5.25. The normalized spacial score (nSPS) is 14.1. The lowest BCUT2D eigenvalue weighted by atomic mass is 10.1. The zero-order valence-corrected chi connectivity index (χ0v) is 12.6. The van der Waals surface area contributed by atoms with Crippen LogP contribution in [0.3, 0.4) is 0 Å². The Morgan fingerprint density at radius 2 is 2.41 bits per heavy atom. The third kappa shape index (κ3) is 2.41. The van der Waals surface area contributed by atoms with Crippen LogP contribution >= 0.6 is 11.3 Å². The summed E-state index contributed by atoms with van der Waals surface area (Å²) in [4.78, 5) is 14.2. The third-order valence-electron chi connectivity index (χ3n) is 3.81. The van der Waals surface area contributed by atoms with Gasteiger partial charge in [-0.15, -0.1) is 5.10 Å². The fraction of sp³-hybridized carbons (Fsp3) is 0.286. The summed E-state index contributed by atoms with van der Waals surface area (Å²) in [7, 11) is 0. The van der Waals surface area contributed by atoms with Gasteiger partial charge in [0.1, 0.15) is 12.2 Å². The summed E-state index contributed by atoms with van der Waals surface area (Å²) in [6.07, 6.45) is 4.49. The molecule has 1 aliphatic rings. The smallest absolute Gasteiger partial charge is 0.244 e. The molecule has 112 valence electrons. The zero-order valence-electron chi connectivity index (χ0n) is 11.8. The maximum atomic E-state index is 12.4. The molecule has 1 amide bonds. The molecule has 0 unspecified atom stereocenters. The van der Waals surface area contributed by atoms with Crippen molar-refractivity contribution >= 4 is 17.2 Å². The van der Waals surface area contributed by atoms with E-state index in [4.69, 9.17) is 0 Å². The van der Waals surface area contributed by atoms with E-state index in [9.17, 15) is 4.79 Å². The van der Waals surface area contributed by atoms with E-state index >= 15 is 0 Å². The Morgan fingerprint density at radius 1 is 1.45 bits per heavy atom. The van der Waals surface area contributed by atoms with Crippen LogP contribution in [0.2, 0.25) is 0 Å². The van der Waals surface area contributed by atoms with Crippen molar-refractivity contribution in [1.82, 2.24) is 30.1 Å².